The molecular weight excluding hydrogens is 244 g/mol. The van der Waals surface area contributed by atoms with Crippen LogP contribution in [0.2, 0.25) is 0 Å². The van der Waals surface area contributed by atoms with Crippen molar-refractivity contribution in [3.05, 3.63) is 17.3 Å². The number of nitrogens with two attached hydrogens (primary N) is 1. The second kappa shape index (κ2) is 6.06. The van der Waals surface area contributed by atoms with Crippen LogP contribution in [-0.2, 0) is 17.7 Å². The van der Waals surface area contributed by atoms with E-state index in [2.05, 4.69) is 9.98 Å². The van der Waals surface area contributed by atoms with Crippen molar-refractivity contribution in [1.82, 2.24) is 9.88 Å². The van der Waals surface area contributed by atoms with E-state index < -0.39 is 0 Å². The maximum absolute atomic E-state index is 6.01. The number of morpholine rings is 1. The highest BCUT2D eigenvalue weighted by atomic mass is 16.5. The molecule has 6 nitrogen and oxygen atoms in total. The smallest absolute Gasteiger partial charge is 0.194 e. The van der Waals surface area contributed by atoms with Crippen molar-refractivity contribution in [2.45, 2.75) is 39.8 Å². The van der Waals surface area contributed by atoms with E-state index in [1.807, 2.05) is 25.7 Å². The number of hydrogen-bond acceptors (Lipinski definition) is 4. The number of ether oxygens (including phenoxy) is 1. The van der Waals surface area contributed by atoms with Crippen LogP contribution in [0, 0.1) is 6.92 Å². The maximum Gasteiger partial charge on any atom is 0.194 e. The van der Waals surface area contributed by atoms with E-state index in [0.717, 1.165) is 36.9 Å². The molecule has 0 aromatic carbocycles. The van der Waals surface area contributed by atoms with Gasteiger partial charge in [-0.3, -0.25) is 0 Å². The fourth-order valence-electron chi connectivity index (χ4n) is 2.07. The zero-order chi connectivity index (χ0) is 13.8. The van der Waals surface area contributed by atoms with Crippen molar-refractivity contribution in [1.29, 1.82) is 0 Å². The highest BCUT2D eigenvalue weighted by Crippen LogP contribution is 2.12. The lowest BCUT2D eigenvalue weighted by atomic mass is 10.3. The van der Waals surface area contributed by atoms with Crippen LogP contribution in [0.15, 0.2) is 9.41 Å². The summed E-state index contributed by atoms with van der Waals surface area (Å²) in [6, 6.07) is 0. The number of aliphatic imine (C=N–C) groups is 1. The molecule has 19 heavy (non-hydrogen) atoms. The van der Waals surface area contributed by atoms with Crippen molar-refractivity contribution >= 4 is 5.96 Å². The molecule has 1 aromatic heterocycles. The first-order chi connectivity index (χ1) is 9.10. The molecule has 2 N–H and O–H groups in total. The summed E-state index contributed by atoms with van der Waals surface area (Å²) in [5.41, 5.74) is 6.90. The van der Waals surface area contributed by atoms with E-state index in [-0.39, 0.29) is 6.10 Å². The maximum atomic E-state index is 6.01. The van der Waals surface area contributed by atoms with Gasteiger partial charge in [0.15, 0.2) is 11.9 Å². The van der Waals surface area contributed by atoms with Crippen LogP contribution in [0.5, 0.6) is 0 Å². The molecule has 0 saturated carbocycles. The Morgan fingerprint density at radius 1 is 1.58 bits per heavy atom. The highest BCUT2D eigenvalue weighted by Gasteiger charge is 2.18. The number of aryl methyl sites for hydroxylation is 2. The molecule has 6 heteroatoms. The van der Waals surface area contributed by atoms with Gasteiger partial charge in [-0.05, 0) is 13.8 Å². The summed E-state index contributed by atoms with van der Waals surface area (Å²) in [6.45, 7) is 8.69. The van der Waals surface area contributed by atoms with Gasteiger partial charge in [-0.25, -0.2) is 9.98 Å². The minimum Gasteiger partial charge on any atom is -0.443 e. The molecule has 0 bridgehead atoms. The zero-order valence-electron chi connectivity index (χ0n) is 11.8. The molecule has 0 amide bonds. The molecule has 1 aliphatic heterocycles. The predicted octanol–water partition coefficient (Wildman–Crippen LogP) is 1.08. The van der Waals surface area contributed by atoms with Crippen LogP contribution in [0.3, 0.4) is 0 Å². The molecule has 106 valence electrons. The van der Waals surface area contributed by atoms with Gasteiger partial charge >= 0.3 is 0 Å². The summed E-state index contributed by atoms with van der Waals surface area (Å²) in [5, 5.41) is 0. The van der Waals surface area contributed by atoms with Gasteiger partial charge in [0.1, 0.15) is 12.3 Å². The summed E-state index contributed by atoms with van der Waals surface area (Å²) < 4.78 is 11.1. The van der Waals surface area contributed by atoms with Crippen LogP contribution in [0.4, 0.5) is 0 Å². The Morgan fingerprint density at radius 2 is 2.37 bits per heavy atom. The quantitative estimate of drug-likeness (QED) is 0.654. The molecule has 1 fully saturated rings. The molecule has 1 saturated heterocycles. The average molecular weight is 266 g/mol. The number of oxazole rings is 1. The second-order valence-corrected chi connectivity index (χ2v) is 4.77. The van der Waals surface area contributed by atoms with Crippen molar-refractivity contribution in [2.75, 3.05) is 19.7 Å². The summed E-state index contributed by atoms with van der Waals surface area (Å²) in [7, 11) is 0. The Kier molecular flexibility index (Phi) is 4.42. The molecule has 1 atom stereocenters. The Morgan fingerprint density at radius 3 is 3.00 bits per heavy atom. The molecular formula is C13H22N4O2. The van der Waals surface area contributed by atoms with E-state index in [4.69, 9.17) is 14.9 Å². The molecule has 1 aromatic rings. The van der Waals surface area contributed by atoms with E-state index in [0.29, 0.717) is 19.1 Å². The second-order valence-electron chi connectivity index (χ2n) is 4.77. The number of rotatable bonds is 3. The normalized spacial score (nSPS) is 20.9. The van der Waals surface area contributed by atoms with Crippen LogP contribution in [0.25, 0.3) is 0 Å². The van der Waals surface area contributed by atoms with E-state index in [9.17, 15) is 0 Å². The molecule has 0 spiro atoms. The molecule has 1 aliphatic rings. The van der Waals surface area contributed by atoms with Gasteiger partial charge in [0.05, 0.1) is 18.4 Å². The van der Waals surface area contributed by atoms with Crippen molar-refractivity contribution < 1.29 is 9.15 Å². The predicted molar refractivity (Wildman–Crippen MR) is 72.9 cm³/mol. The number of guanidine groups is 1. The monoisotopic (exact) mass is 266 g/mol. The molecule has 1 unspecified atom stereocenters. The van der Waals surface area contributed by atoms with Crippen molar-refractivity contribution in [2.24, 2.45) is 10.7 Å². The Balaban J connectivity index is 1.98. The largest absolute Gasteiger partial charge is 0.443 e. The van der Waals surface area contributed by atoms with Crippen LogP contribution in [-0.4, -0.2) is 41.6 Å². The summed E-state index contributed by atoms with van der Waals surface area (Å²) >= 11 is 0. The summed E-state index contributed by atoms with van der Waals surface area (Å²) in [6.07, 6.45) is 0.988. The van der Waals surface area contributed by atoms with Crippen LogP contribution >= 0.6 is 0 Å². The minimum absolute atomic E-state index is 0.196. The van der Waals surface area contributed by atoms with Gasteiger partial charge in [-0.15, -0.1) is 0 Å². The third-order valence-corrected chi connectivity index (χ3v) is 3.19. The zero-order valence-corrected chi connectivity index (χ0v) is 11.8. The number of hydrogen-bond donors (Lipinski definition) is 1. The SMILES string of the molecule is CCc1nc(C)c(CN=C(N)N2CCOC(C)C2)o1. The Hall–Kier alpha value is -1.56. The minimum atomic E-state index is 0.196. The standard InChI is InChI=1S/C13H22N4O2/c1-4-12-16-10(3)11(19-12)7-15-13(14)17-5-6-18-9(2)8-17/h9H,4-8H2,1-3H3,(H2,14,15). The van der Waals surface area contributed by atoms with E-state index >= 15 is 0 Å². The lowest BCUT2D eigenvalue weighted by molar-refractivity contribution is 0.00528. The van der Waals surface area contributed by atoms with Gasteiger partial charge < -0.3 is 19.8 Å². The third-order valence-electron chi connectivity index (χ3n) is 3.19. The Labute approximate surface area is 113 Å². The molecule has 0 radical (unpaired) electrons. The first kappa shape index (κ1) is 13.9. The fraction of sp³-hybridized carbons (Fsp3) is 0.692. The van der Waals surface area contributed by atoms with Gasteiger partial charge in [0, 0.05) is 19.5 Å². The topological polar surface area (TPSA) is 76.9 Å². The van der Waals surface area contributed by atoms with Gasteiger partial charge in [-0.2, -0.15) is 0 Å². The first-order valence-electron chi connectivity index (χ1n) is 6.71. The van der Waals surface area contributed by atoms with Crippen molar-refractivity contribution in [3.8, 4) is 0 Å². The van der Waals surface area contributed by atoms with Gasteiger partial charge in [-0.1, -0.05) is 6.92 Å². The first-order valence-corrected chi connectivity index (χ1v) is 6.71. The van der Waals surface area contributed by atoms with E-state index in [1.54, 1.807) is 0 Å². The van der Waals surface area contributed by atoms with Gasteiger partial charge in [0.2, 0.25) is 0 Å². The highest BCUT2D eigenvalue weighted by molar-refractivity contribution is 5.78. The lowest BCUT2D eigenvalue weighted by Crippen LogP contribution is -2.47. The third kappa shape index (κ3) is 3.47. The van der Waals surface area contributed by atoms with Crippen molar-refractivity contribution in [3.63, 3.8) is 0 Å². The van der Waals surface area contributed by atoms with E-state index in [1.165, 1.54) is 0 Å². The molecule has 2 heterocycles. The lowest BCUT2D eigenvalue weighted by Gasteiger charge is -2.31. The summed E-state index contributed by atoms with van der Waals surface area (Å²) in [4.78, 5) is 10.8. The van der Waals surface area contributed by atoms with Crippen LogP contribution < -0.4 is 5.73 Å². The molecule has 2 rings (SSSR count). The van der Waals surface area contributed by atoms with Gasteiger partial charge in [0.25, 0.3) is 0 Å². The van der Waals surface area contributed by atoms with Crippen LogP contribution in [0.1, 0.15) is 31.2 Å². The average Bonchev–Trinajstić information content (AvgIpc) is 2.76. The molecule has 0 aliphatic carbocycles. The fourth-order valence-corrected chi connectivity index (χ4v) is 2.07. The number of aromatic nitrogens is 1. The number of nitrogens with zero attached hydrogens (tertiary/aromatic N) is 3. The Bertz CT molecular complexity index is 455. The summed E-state index contributed by atoms with van der Waals surface area (Å²) in [5.74, 6) is 2.09.